The summed E-state index contributed by atoms with van der Waals surface area (Å²) in [6, 6.07) is 7.43. The molecular formula is C18H19F3N2OS. The van der Waals surface area contributed by atoms with Gasteiger partial charge in [0.2, 0.25) is 5.91 Å². The van der Waals surface area contributed by atoms with Crippen molar-refractivity contribution in [2.24, 2.45) is 0 Å². The Morgan fingerprint density at radius 1 is 1.20 bits per heavy atom. The van der Waals surface area contributed by atoms with Crippen LogP contribution in [-0.2, 0) is 17.4 Å². The molecule has 1 amide bonds. The highest BCUT2D eigenvalue weighted by Crippen LogP contribution is 2.36. The number of hydrogen-bond acceptors (Lipinski definition) is 3. The van der Waals surface area contributed by atoms with E-state index in [1.165, 1.54) is 6.07 Å². The van der Waals surface area contributed by atoms with Crippen LogP contribution in [0.25, 0.3) is 0 Å². The Morgan fingerprint density at radius 2 is 1.96 bits per heavy atom. The Bertz CT molecular complexity index is 722. The first kappa shape index (κ1) is 17.8. The summed E-state index contributed by atoms with van der Waals surface area (Å²) in [5.74, 6) is -0.270. The maximum atomic E-state index is 13.0. The zero-order valence-electron chi connectivity index (χ0n) is 13.6. The molecule has 1 aromatic heterocycles. The number of halogens is 3. The maximum absolute atomic E-state index is 13.0. The molecule has 3 rings (SSSR count). The highest BCUT2D eigenvalue weighted by molar-refractivity contribution is 7.09. The Hall–Kier alpha value is -2.02. The Morgan fingerprint density at radius 3 is 2.60 bits per heavy atom. The number of amides is 1. The van der Waals surface area contributed by atoms with Gasteiger partial charge in [0.25, 0.3) is 0 Å². The van der Waals surface area contributed by atoms with Crippen LogP contribution >= 0.6 is 11.3 Å². The number of thiophene rings is 1. The molecule has 0 unspecified atom stereocenters. The fraction of sp³-hybridized carbons (Fsp3) is 0.389. The van der Waals surface area contributed by atoms with Crippen LogP contribution < -0.4 is 10.2 Å². The normalized spacial score (nSPS) is 14.8. The molecule has 0 aliphatic carbocycles. The number of hydrogen-bond donors (Lipinski definition) is 1. The van der Waals surface area contributed by atoms with Gasteiger partial charge >= 0.3 is 6.18 Å². The first-order valence-electron chi connectivity index (χ1n) is 8.22. The van der Waals surface area contributed by atoms with Crippen molar-refractivity contribution in [2.45, 2.75) is 31.9 Å². The highest BCUT2D eigenvalue weighted by atomic mass is 32.1. The van der Waals surface area contributed by atoms with E-state index in [0.717, 1.165) is 42.9 Å². The van der Waals surface area contributed by atoms with Crippen molar-refractivity contribution in [1.29, 1.82) is 0 Å². The van der Waals surface area contributed by atoms with Gasteiger partial charge in [-0.1, -0.05) is 6.07 Å². The fourth-order valence-electron chi connectivity index (χ4n) is 2.95. The van der Waals surface area contributed by atoms with Gasteiger partial charge in [-0.3, -0.25) is 4.79 Å². The number of anilines is 2. The fourth-order valence-corrected chi connectivity index (χ4v) is 3.66. The predicted molar refractivity (Wildman–Crippen MR) is 94.2 cm³/mol. The van der Waals surface area contributed by atoms with Gasteiger partial charge in [-0.25, -0.2) is 0 Å². The first-order valence-corrected chi connectivity index (χ1v) is 9.10. The number of carbonyl (C=O) groups is 1. The number of alkyl halides is 3. The van der Waals surface area contributed by atoms with Gasteiger partial charge in [-0.2, -0.15) is 13.2 Å². The van der Waals surface area contributed by atoms with E-state index < -0.39 is 11.7 Å². The molecule has 2 aromatic rings. The third kappa shape index (κ3) is 4.54. The number of nitrogens with zero attached hydrogens (tertiary/aromatic N) is 1. The third-order valence-electron chi connectivity index (χ3n) is 4.22. The van der Waals surface area contributed by atoms with E-state index in [-0.39, 0.29) is 18.0 Å². The third-order valence-corrected chi connectivity index (χ3v) is 5.16. The van der Waals surface area contributed by atoms with Gasteiger partial charge < -0.3 is 10.2 Å². The van der Waals surface area contributed by atoms with Crippen molar-refractivity contribution in [3.05, 3.63) is 46.2 Å². The summed E-state index contributed by atoms with van der Waals surface area (Å²) in [6.07, 6.45) is -1.59. The molecule has 1 fully saturated rings. The summed E-state index contributed by atoms with van der Waals surface area (Å²) >= 11 is 1.56. The van der Waals surface area contributed by atoms with Crippen LogP contribution in [0.4, 0.5) is 24.5 Å². The van der Waals surface area contributed by atoms with E-state index in [1.807, 2.05) is 22.4 Å². The molecule has 134 valence electrons. The molecule has 7 heteroatoms. The highest BCUT2D eigenvalue weighted by Gasteiger charge is 2.32. The molecule has 0 spiro atoms. The van der Waals surface area contributed by atoms with Gasteiger partial charge in [-0.15, -0.1) is 11.3 Å². The largest absolute Gasteiger partial charge is 0.416 e. The molecular weight excluding hydrogens is 349 g/mol. The summed E-state index contributed by atoms with van der Waals surface area (Å²) in [5, 5.41) is 4.62. The second-order valence-electron chi connectivity index (χ2n) is 6.05. The van der Waals surface area contributed by atoms with Crippen LogP contribution in [-0.4, -0.2) is 19.0 Å². The van der Waals surface area contributed by atoms with Crippen molar-refractivity contribution in [3.63, 3.8) is 0 Å². The topological polar surface area (TPSA) is 32.3 Å². The quantitative estimate of drug-likeness (QED) is 0.811. The van der Waals surface area contributed by atoms with Crippen LogP contribution in [0.5, 0.6) is 0 Å². The minimum absolute atomic E-state index is 0.243. The number of carbonyl (C=O) groups excluding carboxylic acids is 1. The number of nitrogens with one attached hydrogen (secondary N) is 1. The van der Waals surface area contributed by atoms with E-state index in [0.29, 0.717) is 12.1 Å². The molecule has 1 aliphatic rings. The predicted octanol–water partition coefficient (Wildman–Crippen LogP) is 4.94. The minimum Gasteiger partial charge on any atom is -0.370 e. The van der Waals surface area contributed by atoms with Crippen LogP contribution in [0.2, 0.25) is 0 Å². The number of benzene rings is 1. The summed E-state index contributed by atoms with van der Waals surface area (Å²) in [5.41, 5.74) is 0.159. The zero-order valence-corrected chi connectivity index (χ0v) is 14.4. The van der Waals surface area contributed by atoms with Crippen molar-refractivity contribution >= 4 is 28.6 Å². The number of rotatable bonds is 5. The second kappa shape index (κ2) is 7.47. The molecule has 0 bridgehead atoms. The second-order valence-corrected chi connectivity index (χ2v) is 7.08. The molecule has 2 heterocycles. The Balaban J connectivity index is 1.77. The minimum atomic E-state index is -4.43. The summed E-state index contributed by atoms with van der Waals surface area (Å²) in [4.78, 5) is 15.3. The molecule has 3 nitrogen and oxygen atoms in total. The Kier molecular flexibility index (Phi) is 5.32. The van der Waals surface area contributed by atoms with Crippen LogP contribution in [0.3, 0.4) is 0 Å². The molecule has 1 N–H and O–H groups in total. The summed E-state index contributed by atoms with van der Waals surface area (Å²) in [7, 11) is 0. The van der Waals surface area contributed by atoms with Gasteiger partial charge in [-0.05, 0) is 48.9 Å². The lowest BCUT2D eigenvalue weighted by molar-refractivity contribution is -0.137. The number of aryl methyl sites for hydroxylation is 1. The summed E-state index contributed by atoms with van der Waals surface area (Å²) < 4.78 is 39.1. The summed E-state index contributed by atoms with van der Waals surface area (Å²) in [6.45, 7) is 1.59. The van der Waals surface area contributed by atoms with E-state index in [4.69, 9.17) is 0 Å². The smallest absolute Gasteiger partial charge is 0.370 e. The lowest BCUT2D eigenvalue weighted by Crippen LogP contribution is -2.22. The van der Waals surface area contributed by atoms with Crippen molar-refractivity contribution in [3.8, 4) is 0 Å². The SMILES string of the molecule is O=C(CCc1cccs1)Nc1cc(C(F)(F)F)ccc1N1CCCC1. The van der Waals surface area contributed by atoms with Gasteiger partial charge in [0.05, 0.1) is 16.9 Å². The van der Waals surface area contributed by atoms with Crippen molar-refractivity contribution < 1.29 is 18.0 Å². The first-order chi connectivity index (χ1) is 11.9. The standard InChI is InChI=1S/C18H19F3N2OS/c19-18(20,21)13-5-7-16(23-9-1-2-10-23)15(12-13)22-17(24)8-6-14-4-3-11-25-14/h3-5,7,11-12H,1-2,6,8-10H2,(H,22,24). The van der Waals surface area contributed by atoms with E-state index >= 15 is 0 Å². The monoisotopic (exact) mass is 368 g/mol. The van der Waals surface area contributed by atoms with Crippen LogP contribution in [0.15, 0.2) is 35.7 Å². The molecule has 25 heavy (non-hydrogen) atoms. The van der Waals surface area contributed by atoms with Gasteiger partial charge in [0.15, 0.2) is 0 Å². The van der Waals surface area contributed by atoms with Gasteiger partial charge in [0, 0.05) is 24.4 Å². The zero-order chi connectivity index (χ0) is 17.9. The average molecular weight is 368 g/mol. The molecule has 1 aliphatic heterocycles. The molecule has 0 saturated carbocycles. The molecule has 0 radical (unpaired) electrons. The van der Waals surface area contributed by atoms with E-state index in [2.05, 4.69) is 5.32 Å². The van der Waals surface area contributed by atoms with Crippen LogP contribution in [0, 0.1) is 0 Å². The van der Waals surface area contributed by atoms with Crippen molar-refractivity contribution in [1.82, 2.24) is 0 Å². The molecule has 0 atom stereocenters. The van der Waals surface area contributed by atoms with E-state index in [1.54, 1.807) is 11.3 Å². The van der Waals surface area contributed by atoms with Crippen molar-refractivity contribution in [2.75, 3.05) is 23.3 Å². The van der Waals surface area contributed by atoms with Gasteiger partial charge in [0.1, 0.15) is 0 Å². The average Bonchev–Trinajstić information content (AvgIpc) is 3.26. The lowest BCUT2D eigenvalue weighted by atomic mass is 10.1. The van der Waals surface area contributed by atoms with E-state index in [9.17, 15) is 18.0 Å². The molecule has 1 aromatic carbocycles. The lowest BCUT2D eigenvalue weighted by Gasteiger charge is -2.23. The molecule has 1 saturated heterocycles. The Labute approximate surface area is 148 Å². The van der Waals surface area contributed by atoms with Crippen LogP contribution in [0.1, 0.15) is 29.7 Å². The maximum Gasteiger partial charge on any atom is 0.416 e.